The number of nitriles is 1. The first-order chi connectivity index (χ1) is 30.1. The molecule has 320 valence electrons. The largest absolute Gasteiger partial charge is 0.507 e. The number of amides is 4. The highest BCUT2D eigenvalue weighted by atomic mass is 35.5. The summed E-state index contributed by atoms with van der Waals surface area (Å²) in [5.41, 5.74) is 1.71. The number of hydrogen-bond donors (Lipinski definition) is 2. The Morgan fingerprint density at radius 1 is 0.774 bits per heavy atom. The summed E-state index contributed by atoms with van der Waals surface area (Å²) in [4.78, 5) is 64.3. The van der Waals surface area contributed by atoms with Gasteiger partial charge in [-0.2, -0.15) is 5.26 Å². The van der Waals surface area contributed by atoms with E-state index < -0.39 is 29.7 Å². The van der Waals surface area contributed by atoms with Gasteiger partial charge in [0.25, 0.3) is 11.8 Å². The van der Waals surface area contributed by atoms with Gasteiger partial charge in [-0.15, -0.1) is 0 Å². The number of aromatic hydroxyl groups is 1. The number of nitrogens with one attached hydrogen (secondary N) is 1. The summed E-state index contributed by atoms with van der Waals surface area (Å²) < 4.78 is 40.2. The Labute approximate surface area is 359 Å². The van der Waals surface area contributed by atoms with Gasteiger partial charge in [0.15, 0.2) is 5.43 Å². The molecule has 4 amide bonds. The van der Waals surface area contributed by atoms with Gasteiger partial charge in [0, 0.05) is 35.2 Å². The van der Waals surface area contributed by atoms with Crippen molar-refractivity contribution in [3.8, 4) is 51.5 Å². The van der Waals surface area contributed by atoms with Gasteiger partial charge in [-0.05, 0) is 67.9 Å². The Kier molecular flexibility index (Phi) is 13.8. The first-order valence-electron chi connectivity index (χ1n) is 19.7. The number of halogens is 1. The van der Waals surface area contributed by atoms with Crippen molar-refractivity contribution in [2.75, 3.05) is 59.5 Å². The van der Waals surface area contributed by atoms with Crippen molar-refractivity contribution in [1.82, 2.24) is 10.2 Å². The second-order valence-electron chi connectivity index (χ2n) is 13.9. The van der Waals surface area contributed by atoms with Crippen LogP contribution in [0.5, 0.6) is 23.0 Å². The van der Waals surface area contributed by atoms with Gasteiger partial charge in [-0.1, -0.05) is 17.7 Å². The molecule has 4 aromatic carbocycles. The van der Waals surface area contributed by atoms with E-state index in [1.54, 1.807) is 49.4 Å². The normalized spacial score (nSPS) is 14.8. The number of imide groups is 2. The van der Waals surface area contributed by atoms with Crippen LogP contribution in [-0.2, 0) is 23.8 Å². The van der Waals surface area contributed by atoms with Gasteiger partial charge >= 0.3 is 0 Å². The molecular formula is C45H40ClN3O13. The van der Waals surface area contributed by atoms with E-state index in [4.69, 9.17) is 44.4 Å². The van der Waals surface area contributed by atoms with Crippen molar-refractivity contribution in [1.29, 1.82) is 5.26 Å². The van der Waals surface area contributed by atoms with Crippen LogP contribution < -0.4 is 25.0 Å². The molecule has 16 nitrogen and oxygen atoms in total. The van der Waals surface area contributed by atoms with Crippen molar-refractivity contribution in [3.05, 3.63) is 105 Å². The van der Waals surface area contributed by atoms with Crippen LogP contribution in [0.25, 0.3) is 33.4 Å². The zero-order valence-corrected chi connectivity index (χ0v) is 34.2. The quantitative estimate of drug-likeness (QED) is 0.0757. The van der Waals surface area contributed by atoms with Crippen molar-refractivity contribution >= 4 is 46.2 Å². The third-order valence-electron chi connectivity index (χ3n) is 9.91. The molecule has 0 bridgehead atoms. The van der Waals surface area contributed by atoms with Gasteiger partial charge in [0.2, 0.25) is 11.8 Å². The van der Waals surface area contributed by atoms with E-state index in [0.717, 1.165) is 4.90 Å². The second-order valence-corrected chi connectivity index (χ2v) is 14.3. The Bertz CT molecular complexity index is 2640. The highest BCUT2D eigenvalue weighted by Gasteiger charge is 2.46. The molecule has 1 fully saturated rings. The maximum absolute atomic E-state index is 13.3. The molecular weight excluding hydrogens is 826 g/mol. The van der Waals surface area contributed by atoms with E-state index in [0.29, 0.717) is 65.2 Å². The van der Waals surface area contributed by atoms with E-state index in [-0.39, 0.29) is 90.7 Å². The van der Waals surface area contributed by atoms with Crippen molar-refractivity contribution in [2.24, 2.45) is 0 Å². The molecule has 2 aliphatic heterocycles. The Morgan fingerprint density at radius 2 is 1.50 bits per heavy atom. The van der Waals surface area contributed by atoms with E-state index >= 15 is 0 Å². The van der Waals surface area contributed by atoms with Crippen molar-refractivity contribution in [2.45, 2.75) is 25.8 Å². The molecule has 1 saturated heterocycles. The number of carbonyl (C=O) groups excluding carboxylic acids is 4. The zero-order valence-electron chi connectivity index (χ0n) is 33.4. The molecule has 2 aliphatic rings. The standard InChI is InChI=1S/C45H40ClN3O13/c1-2-59-38-24-40-32(22-31(38)30-20-26(25-47)6-10-35(30)50)36(51)23-39(62-40)28-8-7-27(21-33(28)46)60-18-16-57-14-12-56-13-15-58-17-19-61-37-5-3-4-29-42(37)45(55)49(44(29)54)34-9-11-41(52)48-43(34)53/h3-8,10,20-24,34,50H,2,9,11-19H2,1H3,(H,48,52,53). The minimum atomic E-state index is -1.06. The first-order valence-corrected chi connectivity index (χ1v) is 20.1. The number of ether oxygens (including phenoxy) is 6. The fourth-order valence-corrected chi connectivity index (χ4v) is 7.25. The summed E-state index contributed by atoms with van der Waals surface area (Å²) in [7, 11) is 0. The molecule has 1 atom stereocenters. The first kappa shape index (κ1) is 43.3. The Balaban J connectivity index is 0.809. The highest BCUT2D eigenvalue weighted by molar-refractivity contribution is 6.33. The van der Waals surface area contributed by atoms with Gasteiger partial charge in [-0.25, -0.2) is 0 Å². The molecule has 0 saturated carbocycles. The Hall–Kier alpha value is -6.77. The molecule has 0 radical (unpaired) electrons. The predicted octanol–water partition coefficient (Wildman–Crippen LogP) is 5.67. The van der Waals surface area contributed by atoms with E-state index in [2.05, 4.69) is 11.4 Å². The summed E-state index contributed by atoms with van der Waals surface area (Å²) in [6.45, 7) is 4.11. The molecule has 0 aliphatic carbocycles. The van der Waals surface area contributed by atoms with Gasteiger partial charge in [0.05, 0.1) is 79.4 Å². The highest BCUT2D eigenvalue weighted by Crippen LogP contribution is 2.40. The van der Waals surface area contributed by atoms with Crippen LogP contribution in [0, 0.1) is 11.3 Å². The molecule has 7 rings (SSSR count). The van der Waals surface area contributed by atoms with Gasteiger partial charge in [0.1, 0.15) is 53.6 Å². The number of phenols is 1. The van der Waals surface area contributed by atoms with Crippen LogP contribution in [0.3, 0.4) is 0 Å². The van der Waals surface area contributed by atoms with Crippen LogP contribution in [0.1, 0.15) is 46.0 Å². The molecule has 0 spiro atoms. The summed E-state index contributed by atoms with van der Waals surface area (Å²) in [5, 5.41) is 22.7. The second kappa shape index (κ2) is 19.7. The topological polar surface area (TPSA) is 213 Å². The van der Waals surface area contributed by atoms with Crippen LogP contribution in [-0.4, -0.2) is 99.1 Å². The molecule has 62 heavy (non-hydrogen) atoms. The molecule has 3 heterocycles. The molecule has 2 N–H and O–H groups in total. The number of fused-ring (bicyclic) bond motifs is 2. The minimum Gasteiger partial charge on any atom is -0.507 e. The Morgan fingerprint density at radius 3 is 2.19 bits per heavy atom. The summed E-state index contributed by atoms with van der Waals surface area (Å²) in [6.07, 6.45) is 0.0929. The monoisotopic (exact) mass is 865 g/mol. The summed E-state index contributed by atoms with van der Waals surface area (Å²) >= 11 is 6.62. The maximum Gasteiger partial charge on any atom is 0.266 e. The number of carbonyl (C=O) groups is 4. The van der Waals surface area contributed by atoms with E-state index in [1.807, 2.05) is 0 Å². The van der Waals surface area contributed by atoms with E-state index in [1.165, 1.54) is 30.3 Å². The lowest BCUT2D eigenvalue weighted by Gasteiger charge is -2.27. The summed E-state index contributed by atoms with van der Waals surface area (Å²) in [6, 6.07) is 19.6. The fraction of sp³-hybridized carbons (Fsp3) is 0.289. The third-order valence-corrected chi connectivity index (χ3v) is 10.2. The number of rotatable bonds is 19. The average molecular weight is 866 g/mol. The molecule has 1 aromatic heterocycles. The third kappa shape index (κ3) is 9.56. The number of hydrogen-bond acceptors (Lipinski definition) is 14. The molecule has 5 aromatic rings. The molecule has 17 heteroatoms. The summed E-state index contributed by atoms with van der Waals surface area (Å²) in [5.74, 6) is -1.17. The lowest BCUT2D eigenvalue weighted by Crippen LogP contribution is -2.54. The van der Waals surface area contributed by atoms with Crippen molar-refractivity contribution in [3.63, 3.8) is 0 Å². The lowest BCUT2D eigenvalue weighted by molar-refractivity contribution is -0.136. The predicted molar refractivity (Wildman–Crippen MR) is 222 cm³/mol. The SMILES string of the molecule is CCOc1cc2oc(-c3ccc(OCCOCCOCCOCCOc4cccc5c4C(=O)N(C4CCC(=O)NC4=O)C5=O)cc3Cl)cc(=O)c2cc1-c1cc(C#N)ccc1O. The van der Waals surface area contributed by atoms with Crippen molar-refractivity contribution < 1.29 is 57.1 Å². The van der Waals surface area contributed by atoms with Crippen LogP contribution in [0.15, 0.2) is 82.0 Å². The van der Waals surface area contributed by atoms with Gasteiger partial charge in [-0.3, -0.25) is 34.2 Å². The zero-order chi connectivity index (χ0) is 43.8. The number of benzene rings is 4. The average Bonchev–Trinajstić information content (AvgIpc) is 3.51. The minimum absolute atomic E-state index is 0.0306. The van der Waals surface area contributed by atoms with Gasteiger partial charge < -0.3 is 37.9 Å². The van der Waals surface area contributed by atoms with Crippen LogP contribution >= 0.6 is 11.6 Å². The van der Waals surface area contributed by atoms with Crippen LogP contribution in [0.4, 0.5) is 0 Å². The number of nitrogens with zero attached hydrogens (tertiary/aromatic N) is 2. The molecule has 1 unspecified atom stereocenters. The number of phenolic OH excluding ortho intramolecular Hbond substituents is 1. The fourth-order valence-electron chi connectivity index (χ4n) is 6.98. The lowest BCUT2D eigenvalue weighted by atomic mass is 9.99. The smallest absolute Gasteiger partial charge is 0.266 e. The number of piperidine rings is 1. The van der Waals surface area contributed by atoms with Crippen LogP contribution in [0.2, 0.25) is 5.02 Å². The van der Waals surface area contributed by atoms with E-state index in [9.17, 15) is 34.3 Å². The maximum atomic E-state index is 13.3.